The molecule has 0 aliphatic carbocycles. The molecule has 2 aromatic rings. The van der Waals surface area contributed by atoms with Crippen LogP contribution in [0.15, 0.2) is 48.5 Å². The van der Waals surface area contributed by atoms with Gasteiger partial charge < -0.3 is 15.0 Å². The lowest BCUT2D eigenvalue weighted by Crippen LogP contribution is -2.47. The number of ether oxygens (including phenoxy) is 1. The van der Waals surface area contributed by atoms with E-state index in [4.69, 9.17) is 16.3 Å². The number of likely N-dealkylation sites (tertiary alicyclic amines) is 1. The Balaban J connectivity index is 1.42. The molecule has 27 heavy (non-hydrogen) atoms. The predicted octanol–water partition coefficient (Wildman–Crippen LogP) is 3.28. The van der Waals surface area contributed by atoms with Crippen molar-refractivity contribution in [1.29, 1.82) is 0 Å². The number of piperidine rings is 1. The largest absolute Gasteiger partial charge is 0.484 e. The summed E-state index contributed by atoms with van der Waals surface area (Å²) in [5.74, 6) is -0.109. The smallest absolute Gasteiger partial charge is 0.258 e. The molecule has 0 atom stereocenters. The van der Waals surface area contributed by atoms with E-state index in [-0.39, 0.29) is 30.3 Å². The number of rotatable bonds is 5. The van der Waals surface area contributed by atoms with Gasteiger partial charge in [0.05, 0.1) is 0 Å². The number of hydrogen-bond donors (Lipinski definition) is 1. The average Bonchev–Trinajstić information content (AvgIpc) is 2.68. The van der Waals surface area contributed by atoms with Gasteiger partial charge in [0.15, 0.2) is 6.61 Å². The fourth-order valence-electron chi connectivity index (χ4n) is 2.95. The second kappa shape index (κ2) is 8.86. The molecule has 1 fully saturated rings. The number of hydrogen-bond acceptors (Lipinski definition) is 3. The Morgan fingerprint density at radius 1 is 1.07 bits per heavy atom. The van der Waals surface area contributed by atoms with Crippen LogP contribution in [-0.4, -0.2) is 42.5 Å². The topological polar surface area (TPSA) is 58.6 Å². The van der Waals surface area contributed by atoms with E-state index >= 15 is 0 Å². The lowest BCUT2D eigenvalue weighted by Gasteiger charge is -2.32. The van der Waals surface area contributed by atoms with Gasteiger partial charge >= 0.3 is 0 Å². The van der Waals surface area contributed by atoms with Crippen LogP contribution in [0.4, 0.5) is 4.39 Å². The maximum absolute atomic E-state index is 13.0. The molecule has 1 saturated heterocycles. The lowest BCUT2D eigenvalue weighted by atomic mass is 10.0. The molecule has 1 aliphatic rings. The number of carbonyl (C=O) groups is 2. The van der Waals surface area contributed by atoms with Crippen molar-refractivity contribution in [2.75, 3.05) is 19.7 Å². The Morgan fingerprint density at radius 2 is 1.70 bits per heavy atom. The molecule has 7 heteroatoms. The van der Waals surface area contributed by atoms with Gasteiger partial charge in [0.2, 0.25) is 0 Å². The third kappa shape index (κ3) is 5.44. The number of nitrogens with zero attached hydrogens (tertiary/aromatic N) is 1. The summed E-state index contributed by atoms with van der Waals surface area (Å²) in [6.45, 7) is 1.01. The summed E-state index contributed by atoms with van der Waals surface area (Å²) in [5, 5.41) is 3.53. The second-order valence-corrected chi connectivity index (χ2v) is 6.82. The lowest BCUT2D eigenvalue weighted by molar-refractivity contribution is -0.124. The zero-order valence-corrected chi connectivity index (χ0v) is 15.4. The van der Waals surface area contributed by atoms with Crippen molar-refractivity contribution in [2.24, 2.45) is 0 Å². The number of carbonyl (C=O) groups excluding carboxylic acids is 2. The van der Waals surface area contributed by atoms with E-state index in [1.165, 1.54) is 24.3 Å². The van der Waals surface area contributed by atoms with Crippen molar-refractivity contribution in [3.63, 3.8) is 0 Å². The molecular weight excluding hydrogens is 371 g/mol. The molecule has 1 aliphatic heterocycles. The maximum atomic E-state index is 13.0. The normalized spacial score (nSPS) is 14.7. The average molecular weight is 391 g/mol. The molecular formula is C20H20ClFN2O3. The van der Waals surface area contributed by atoms with E-state index in [1.807, 2.05) is 0 Å². The summed E-state index contributed by atoms with van der Waals surface area (Å²) in [6, 6.07) is 12.3. The van der Waals surface area contributed by atoms with Gasteiger partial charge in [-0.2, -0.15) is 0 Å². The van der Waals surface area contributed by atoms with E-state index in [9.17, 15) is 14.0 Å². The first-order valence-electron chi connectivity index (χ1n) is 8.74. The van der Waals surface area contributed by atoms with Gasteiger partial charge in [0, 0.05) is 29.7 Å². The Labute approximate surface area is 162 Å². The molecule has 0 bridgehead atoms. The fourth-order valence-corrected chi connectivity index (χ4v) is 3.08. The molecule has 1 N–H and O–H groups in total. The van der Waals surface area contributed by atoms with Crippen LogP contribution in [0.3, 0.4) is 0 Å². The summed E-state index contributed by atoms with van der Waals surface area (Å²) in [7, 11) is 0. The van der Waals surface area contributed by atoms with E-state index in [0.29, 0.717) is 42.3 Å². The fraction of sp³-hybridized carbons (Fsp3) is 0.300. The Morgan fingerprint density at radius 3 is 2.33 bits per heavy atom. The zero-order chi connectivity index (χ0) is 19.2. The Hall–Kier alpha value is -2.60. The molecule has 0 unspecified atom stereocenters. The van der Waals surface area contributed by atoms with Crippen molar-refractivity contribution in [2.45, 2.75) is 18.9 Å². The van der Waals surface area contributed by atoms with Crippen molar-refractivity contribution >= 4 is 23.4 Å². The highest BCUT2D eigenvalue weighted by molar-refractivity contribution is 6.30. The molecule has 0 saturated carbocycles. The Bertz CT molecular complexity index is 788. The molecule has 0 spiro atoms. The minimum atomic E-state index is -0.367. The summed E-state index contributed by atoms with van der Waals surface area (Å²) < 4.78 is 18.4. The molecule has 2 aromatic carbocycles. The van der Waals surface area contributed by atoms with Gasteiger partial charge in [-0.1, -0.05) is 11.6 Å². The first kappa shape index (κ1) is 19.2. The van der Waals surface area contributed by atoms with Crippen LogP contribution in [0.1, 0.15) is 23.2 Å². The van der Waals surface area contributed by atoms with Gasteiger partial charge in [0.25, 0.3) is 11.8 Å². The number of amides is 2. The molecule has 0 radical (unpaired) electrons. The standard InChI is InChI=1S/C20H20ClFN2O3/c21-15-3-7-18(8-4-15)27-13-19(25)23-17-9-11-24(12-10-17)20(26)14-1-5-16(22)6-2-14/h1-8,17H,9-13H2,(H,23,25). The first-order valence-corrected chi connectivity index (χ1v) is 9.11. The third-order valence-electron chi connectivity index (χ3n) is 4.42. The van der Waals surface area contributed by atoms with Gasteiger partial charge in [-0.15, -0.1) is 0 Å². The van der Waals surface area contributed by atoms with E-state index in [0.717, 1.165) is 0 Å². The number of halogens is 2. The van der Waals surface area contributed by atoms with E-state index in [1.54, 1.807) is 29.2 Å². The summed E-state index contributed by atoms with van der Waals surface area (Å²) in [6.07, 6.45) is 1.33. The molecule has 1 heterocycles. The highest BCUT2D eigenvalue weighted by Crippen LogP contribution is 2.16. The first-order chi connectivity index (χ1) is 13.0. The van der Waals surface area contributed by atoms with E-state index < -0.39 is 0 Å². The summed E-state index contributed by atoms with van der Waals surface area (Å²) >= 11 is 5.80. The van der Waals surface area contributed by atoms with Crippen LogP contribution in [0.25, 0.3) is 0 Å². The van der Waals surface area contributed by atoms with Crippen LogP contribution < -0.4 is 10.1 Å². The SMILES string of the molecule is O=C(COc1ccc(Cl)cc1)NC1CCN(C(=O)c2ccc(F)cc2)CC1. The second-order valence-electron chi connectivity index (χ2n) is 6.38. The molecule has 3 rings (SSSR count). The molecule has 0 aromatic heterocycles. The van der Waals surface area contributed by atoms with Crippen LogP contribution in [-0.2, 0) is 4.79 Å². The molecule has 142 valence electrons. The van der Waals surface area contributed by atoms with Crippen molar-refractivity contribution < 1.29 is 18.7 Å². The number of benzene rings is 2. The van der Waals surface area contributed by atoms with Gasteiger partial charge in [0.1, 0.15) is 11.6 Å². The zero-order valence-electron chi connectivity index (χ0n) is 14.7. The Kier molecular flexibility index (Phi) is 6.29. The highest BCUT2D eigenvalue weighted by Gasteiger charge is 2.24. The van der Waals surface area contributed by atoms with Crippen LogP contribution in [0.5, 0.6) is 5.75 Å². The van der Waals surface area contributed by atoms with Crippen molar-refractivity contribution in [3.05, 3.63) is 64.9 Å². The minimum absolute atomic E-state index is 0.00332. The summed E-state index contributed by atoms with van der Waals surface area (Å²) in [5.41, 5.74) is 0.468. The predicted molar refractivity (Wildman–Crippen MR) is 100 cm³/mol. The van der Waals surface area contributed by atoms with Crippen LogP contribution in [0, 0.1) is 5.82 Å². The highest BCUT2D eigenvalue weighted by atomic mass is 35.5. The van der Waals surface area contributed by atoms with Crippen LogP contribution >= 0.6 is 11.6 Å². The van der Waals surface area contributed by atoms with E-state index in [2.05, 4.69) is 5.32 Å². The summed E-state index contributed by atoms with van der Waals surface area (Å²) in [4.78, 5) is 26.2. The van der Waals surface area contributed by atoms with Gasteiger partial charge in [-0.3, -0.25) is 9.59 Å². The maximum Gasteiger partial charge on any atom is 0.258 e. The van der Waals surface area contributed by atoms with Crippen molar-refractivity contribution in [3.8, 4) is 5.75 Å². The minimum Gasteiger partial charge on any atom is -0.484 e. The monoisotopic (exact) mass is 390 g/mol. The number of nitrogens with one attached hydrogen (secondary N) is 1. The molecule has 5 nitrogen and oxygen atoms in total. The third-order valence-corrected chi connectivity index (χ3v) is 4.67. The van der Waals surface area contributed by atoms with Crippen LogP contribution in [0.2, 0.25) is 5.02 Å². The molecule has 2 amide bonds. The van der Waals surface area contributed by atoms with Crippen molar-refractivity contribution in [1.82, 2.24) is 10.2 Å². The van der Waals surface area contributed by atoms with Gasteiger partial charge in [-0.25, -0.2) is 4.39 Å². The van der Waals surface area contributed by atoms with Gasteiger partial charge in [-0.05, 0) is 61.4 Å². The quantitative estimate of drug-likeness (QED) is 0.852.